The van der Waals surface area contributed by atoms with E-state index in [0.29, 0.717) is 11.3 Å². The lowest BCUT2D eigenvalue weighted by Crippen LogP contribution is -2.30. The highest BCUT2D eigenvalue weighted by Crippen LogP contribution is 2.38. The van der Waals surface area contributed by atoms with Gasteiger partial charge in [-0.3, -0.25) is 0 Å². The highest BCUT2D eigenvalue weighted by Gasteiger charge is 2.30. The van der Waals surface area contributed by atoms with Crippen molar-refractivity contribution in [3.8, 4) is 0 Å². The van der Waals surface area contributed by atoms with Crippen molar-refractivity contribution in [3.63, 3.8) is 0 Å². The Morgan fingerprint density at radius 2 is 1.71 bits per heavy atom. The van der Waals surface area contributed by atoms with E-state index in [-0.39, 0.29) is 6.10 Å². The van der Waals surface area contributed by atoms with E-state index in [2.05, 4.69) is 20.8 Å². The molecule has 3 nitrogen and oxygen atoms in total. The predicted molar refractivity (Wildman–Crippen MR) is 54.3 cm³/mol. The molecule has 1 aliphatic carbocycles. The van der Waals surface area contributed by atoms with Gasteiger partial charge < -0.3 is 9.84 Å². The average molecular weight is 200 g/mol. The molecule has 82 valence electrons. The zero-order valence-electron chi connectivity index (χ0n) is 9.25. The van der Waals surface area contributed by atoms with E-state index in [1.165, 1.54) is 0 Å². The molecule has 1 aliphatic rings. The molecular weight excluding hydrogens is 180 g/mol. The summed E-state index contributed by atoms with van der Waals surface area (Å²) in [6.07, 6.45) is 2.74. The second kappa shape index (κ2) is 4.20. The van der Waals surface area contributed by atoms with E-state index in [1.54, 1.807) is 0 Å². The van der Waals surface area contributed by atoms with Crippen LogP contribution in [0.4, 0.5) is 4.79 Å². The summed E-state index contributed by atoms with van der Waals surface area (Å²) in [7, 11) is 0. The maximum absolute atomic E-state index is 10.3. The zero-order chi connectivity index (χ0) is 10.8. The topological polar surface area (TPSA) is 46.5 Å². The average Bonchev–Trinajstić information content (AvgIpc) is 2.02. The fourth-order valence-corrected chi connectivity index (χ4v) is 2.19. The molecule has 0 unspecified atom stereocenters. The smallest absolute Gasteiger partial charge is 0.450 e. The van der Waals surface area contributed by atoms with Gasteiger partial charge in [0.2, 0.25) is 0 Å². The van der Waals surface area contributed by atoms with Gasteiger partial charge in [0.1, 0.15) is 6.10 Å². The summed E-state index contributed by atoms with van der Waals surface area (Å²) in [5, 5.41) is 8.47. The van der Waals surface area contributed by atoms with Crippen molar-refractivity contribution in [2.24, 2.45) is 11.3 Å². The van der Waals surface area contributed by atoms with Gasteiger partial charge in [0.25, 0.3) is 0 Å². The normalized spacial score (nSPS) is 28.5. The van der Waals surface area contributed by atoms with Gasteiger partial charge in [-0.25, -0.2) is 4.79 Å². The minimum atomic E-state index is -1.13. The van der Waals surface area contributed by atoms with Crippen molar-refractivity contribution in [1.82, 2.24) is 0 Å². The first kappa shape index (κ1) is 11.3. The van der Waals surface area contributed by atoms with Crippen molar-refractivity contribution in [1.29, 1.82) is 0 Å². The molecule has 0 bridgehead atoms. The molecule has 1 fully saturated rings. The lowest BCUT2D eigenvalue weighted by atomic mass is 9.72. The first-order valence-electron chi connectivity index (χ1n) is 5.29. The number of hydrogen-bond donors (Lipinski definition) is 1. The fourth-order valence-electron chi connectivity index (χ4n) is 2.19. The van der Waals surface area contributed by atoms with Crippen LogP contribution in [0.15, 0.2) is 0 Å². The lowest BCUT2D eigenvalue weighted by molar-refractivity contribution is 0.0168. The molecule has 0 aromatic heterocycles. The van der Waals surface area contributed by atoms with E-state index >= 15 is 0 Å². The van der Waals surface area contributed by atoms with E-state index in [4.69, 9.17) is 9.84 Å². The molecule has 3 heteroatoms. The third-order valence-electron chi connectivity index (χ3n) is 3.17. The summed E-state index contributed by atoms with van der Waals surface area (Å²) in [6, 6.07) is 0. The molecule has 0 aromatic rings. The highest BCUT2D eigenvalue weighted by molar-refractivity contribution is 5.57. The number of hydrogen-bond acceptors (Lipinski definition) is 2. The molecule has 1 rings (SSSR count). The van der Waals surface area contributed by atoms with Crippen LogP contribution in [0.5, 0.6) is 0 Å². The summed E-state index contributed by atoms with van der Waals surface area (Å²) >= 11 is 0. The minimum Gasteiger partial charge on any atom is -0.450 e. The Bertz CT molecular complexity index is 197. The standard InChI is InChI=1S/C11H20O3/c1-11(2,3)8-4-6-9(7-5-8)14-10(12)13/h8-9H,4-7H2,1-3H3,(H,12,13). The quantitative estimate of drug-likeness (QED) is 0.661. The molecule has 0 aliphatic heterocycles. The van der Waals surface area contributed by atoms with Gasteiger partial charge in [-0.2, -0.15) is 0 Å². The summed E-state index contributed by atoms with van der Waals surface area (Å²) in [6.45, 7) is 6.74. The van der Waals surface area contributed by atoms with Crippen LogP contribution < -0.4 is 0 Å². The summed E-state index contributed by atoms with van der Waals surface area (Å²) < 4.78 is 4.77. The number of carboxylic acid groups (broad SMARTS) is 1. The Balaban J connectivity index is 2.35. The number of ether oxygens (including phenoxy) is 1. The Morgan fingerprint density at radius 3 is 2.07 bits per heavy atom. The monoisotopic (exact) mass is 200 g/mol. The van der Waals surface area contributed by atoms with Crippen LogP contribution in [-0.4, -0.2) is 17.4 Å². The molecule has 1 saturated carbocycles. The van der Waals surface area contributed by atoms with Crippen LogP contribution in [-0.2, 0) is 4.74 Å². The van der Waals surface area contributed by atoms with Gasteiger partial charge in [0.15, 0.2) is 0 Å². The first-order valence-corrected chi connectivity index (χ1v) is 5.29. The van der Waals surface area contributed by atoms with Crippen LogP contribution in [0.2, 0.25) is 0 Å². The van der Waals surface area contributed by atoms with Gasteiger partial charge in [-0.15, -0.1) is 0 Å². The Morgan fingerprint density at radius 1 is 1.21 bits per heavy atom. The number of carbonyl (C=O) groups is 1. The van der Waals surface area contributed by atoms with E-state index in [1.807, 2.05) is 0 Å². The van der Waals surface area contributed by atoms with Crippen LogP contribution in [0.25, 0.3) is 0 Å². The molecule has 0 aromatic carbocycles. The largest absolute Gasteiger partial charge is 0.506 e. The van der Waals surface area contributed by atoms with Crippen molar-refractivity contribution in [2.75, 3.05) is 0 Å². The molecule has 0 atom stereocenters. The van der Waals surface area contributed by atoms with Gasteiger partial charge >= 0.3 is 6.16 Å². The molecule has 0 saturated heterocycles. The maximum Gasteiger partial charge on any atom is 0.506 e. The predicted octanol–water partition coefficient (Wildman–Crippen LogP) is 3.29. The third-order valence-corrected chi connectivity index (χ3v) is 3.17. The van der Waals surface area contributed by atoms with E-state index < -0.39 is 6.16 Å². The third kappa shape index (κ3) is 3.20. The number of rotatable bonds is 1. The second-order valence-corrected chi connectivity index (χ2v) is 5.22. The van der Waals surface area contributed by atoms with Crippen LogP contribution in [0.3, 0.4) is 0 Å². The molecule has 1 N–H and O–H groups in total. The van der Waals surface area contributed by atoms with Crippen molar-refractivity contribution in [3.05, 3.63) is 0 Å². The van der Waals surface area contributed by atoms with Crippen molar-refractivity contribution >= 4 is 6.16 Å². The highest BCUT2D eigenvalue weighted by atomic mass is 16.7. The van der Waals surface area contributed by atoms with Crippen molar-refractivity contribution < 1.29 is 14.6 Å². The molecule has 0 amide bonds. The van der Waals surface area contributed by atoms with Gasteiger partial charge in [-0.05, 0) is 37.0 Å². The molecule has 0 radical (unpaired) electrons. The second-order valence-electron chi connectivity index (χ2n) is 5.22. The van der Waals surface area contributed by atoms with E-state index in [9.17, 15) is 4.79 Å². The molecular formula is C11H20O3. The van der Waals surface area contributed by atoms with E-state index in [0.717, 1.165) is 25.7 Å². The lowest BCUT2D eigenvalue weighted by Gasteiger charge is -2.36. The van der Waals surface area contributed by atoms with Gasteiger partial charge in [0.05, 0.1) is 0 Å². The van der Waals surface area contributed by atoms with Crippen molar-refractivity contribution in [2.45, 2.75) is 52.6 Å². The first-order chi connectivity index (χ1) is 6.39. The molecule has 0 heterocycles. The minimum absolute atomic E-state index is 0.0638. The van der Waals surface area contributed by atoms with Gasteiger partial charge in [0, 0.05) is 0 Å². The maximum atomic E-state index is 10.3. The zero-order valence-corrected chi connectivity index (χ0v) is 9.25. The Kier molecular flexibility index (Phi) is 3.40. The van der Waals surface area contributed by atoms with Crippen LogP contribution >= 0.6 is 0 Å². The summed E-state index contributed by atoms with van der Waals surface area (Å²) in [5.41, 5.74) is 0.341. The fraction of sp³-hybridized carbons (Fsp3) is 0.909. The summed E-state index contributed by atoms with van der Waals surface area (Å²) in [4.78, 5) is 10.3. The van der Waals surface area contributed by atoms with Crippen LogP contribution in [0, 0.1) is 11.3 Å². The molecule has 0 spiro atoms. The Labute approximate surface area is 85.5 Å². The summed E-state index contributed by atoms with van der Waals surface area (Å²) in [5.74, 6) is 0.705. The SMILES string of the molecule is CC(C)(C)C1CCC(OC(=O)O)CC1. The van der Waals surface area contributed by atoms with Crippen LogP contribution in [0.1, 0.15) is 46.5 Å². The van der Waals surface area contributed by atoms with Gasteiger partial charge in [-0.1, -0.05) is 20.8 Å². The Hall–Kier alpha value is -0.730. The molecule has 14 heavy (non-hydrogen) atoms.